The van der Waals surface area contributed by atoms with E-state index < -0.39 is 0 Å². The van der Waals surface area contributed by atoms with Crippen LogP contribution in [0.15, 0.2) is 29.3 Å². The Kier molecular flexibility index (Phi) is 6.61. The molecule has 0 spiro atoms. The molecule has 0 atom stereocenters. The Hall–Kier alpha value is -1.19. The Morgan fingerprint density at radius 2 is 2.17 bits per heavy atom. The maximum absolute atomic E-state index is 5.70. The van der Waals surface area contributed by atoms with Crippen molar-refractivity contribution in [3.8, 4) is 11.5 Å². The second-order valence-corrected chi connectivity index (χ2v) is 4.23. The SMILES string of the molecule is CCNCc1ccc(OC)c(OC/C(C)=C/Cl)c1. The second kappa shape index (κ2) is 8.01. The van der Waals surface area contributed by atoms with Gasteiger partial charge in [0.15, 0.2) is 11.5 Å². The van der Waals surface area contributed by atoms with Crippen molar-refractivity contribution in [2.45, 2.75) is 20.4 Å². The number of nitrogens with one attached hydrogen (secondary N) is 1. The summed E-state index contributed by atoms with van der Waals surface area (Å²) in [5.74, 6) is 1.48. The molecule has 0 aromatic heterocycles. The van der Waals surface area contributed by atoms with Gasteiger partial charge in [0.25, 0.3) is 0 Å². The fourth-order valence-corrected chi connectivity index (χ4v) is 1.50. The first kappa shape index (κ1) is 14.9. The number of methoxy groups -OCH3 is 1. The smallest absolute Gasteiger partial charge is 0.161 e. The van der Waals surface area contributed by atoms with E-state index in [2.05, 4.69) is 12.2 Å². The number of hydrogen-bond acceptors (Lipinski definition) is 3. The van der Waals surface area contributed by atoms with E-state index >= 15 is 0 Å². The van der Waals surface area contributed by atoms with Gasteiger partial charge in [0.2, 0.25) is 0 Å². The third-order valence-electron chi connectivity index (χ3n) is 2.45. The lowest BCUT2D eigenvalue weighted by molar-refractivity contribution is 0.319. The first-order valence-electron chi connectivity index (χ1n) is 5.97. The highest BCUT2D eigenvalue weighted by molar-refractivity contribution is 6.25. The average molecular weight is 270 g/mol. The van der Waals surface area contributed by atoms with Crippen molar-refractivity contribution < 1.29 is 9.47 Å². The summed E-state index contributed by atoms with van der Waals surface area (Å²) in [6, 6.07) is 5.93. The minimum absolute atomic E-state index is 0.463. The van der Waals surface area contributed by atoms with E-state index in [9.17, 15) is 0 Å². The summed E-state index contributed by atoms with van der Waals surface area (Å²) in [6.45, 7) is 6.22. The van der Waals surface area contributed by atoms with E-state index in [0.717, 1.165) is 30.2 Å². The van der Waals surface area contributed by atoms with Crippen LogP contribution in [0.3, 0.4) is 0 Å². The van der Waals surface area contributed by atoms with Crippen LogP contribution in [0.4, 0.5) is 0 Å². The van der Waals surface area contributed by atoms with Crippen LogP contribution >= 0.6 is 11.6 Å². The van der Waals surface area contributed by atoms with Crippen molar-refractivity contribution in [1.29, 1.82) is 0 Å². The zero-order valence-electron chi connectivity index (χ0n) is 11.1. The molecular formula is C14H20ClNO2. The van der Waals surface area contributed by atoms with Gasteiger partial charge in [0.1, 0.15) is 6.61 Å². The largest absolute Gasteiger partial charge is 0.493 e. The van der Waals surface area contributed by atoms with Gasteiger partial charge in [-0.05, 0) is 36.7 Å². The van der Waals surface area contributed by atoms with Crippen LogP contribution in [0.1, 0.15) is 19.4 Å². The number of ether oxygens (including phenoxy) is 2. The number of hydrogen-bond donors (Lipinski definition) is 1. The Bertz CT molecular complexity index is 405. The molecule has 1 aromatic carbocycles. The molecule has 1 rings (SSSR count). The average Bonchev–Trinajstić information content (AvgIpc) is 2.42. The predicted octanol–water partition coefficient (Wildman–Crippen LogP) is 3.33. The lowest BCUT2D eigenvalue weighted by Gasteiger charge is -2.12. The Morgan fingerprint density at radius 1 is 1.39 bits per heavy atom. The van der Waals surface area contributed by atoms with Crippen molar-refractivity contribution in [3.63, 3.8) is 0 Å². The molecule has 0 aliphatic heterocycles. The van der Waals surface area contributed by atoms with Gasteiger partial charge in [-0.15, -0.1) is 0 Å². The van der Waals surface area contributed by atoms with Crippen LogP contribution in [0.5, 0.6) is 11.5 Å². The van der Waals surface area contributed by atoms with E-state index in [0.29, 0.717) is 6.61 Å². The third-order valence-corrected chi connectivity index (χ3v) is 2.82. The fourth-order valence-electron chi connectivity index (χ4n) is 1.44. The molecular weight excluding hydrogens is 250 g/mol. The summed E-state index contributed by atoms with van der Waals surface area (Å²) in [4.78, 5) is 0. The Balaban J connectivity index is 2.78. The lowest BCUT2D eigenvalue weighted by Crippen LogP contribution is -2.12. The molecule has 18 heavy (non-hydrogen) atoms. The summed E-state index contributed by atoms with van der Waals surface area (Å²) >= 11 is 5.61. The molecule has 0 aliphatic carbocycles. The third kappa shape index (κ3) is 4.59. The van der Waals surface area contributed by atoms with E-state index in [4.69, 9.17) is 21.1 Å². The van der Waals surface area contributed by atoms with Crippen molar-refractivity contribution in [3.05, 3.63) is 34.9 Å². The van der Waals surface area contributed by atoms with Gasteiger partial charge >= 0.3 is 0 Å². The molecule has 1 aromatic rings. The van der Waals surface area contributed by atoms with Crippen molar-refractivity contribution in [1.82, 2.24) is 5.32 Å². The number of halogens is 1. The Labute approximate surface area is 114 Å². The summed E-state index contributed by atoms with van der Waals surface area (Å²) in [5.41, 5.74) is 3.66. The maximum Gasteiger partial charge on any atom is 0.161 e. The van der Waals surface area contributed by atoms with Crippen LogP contribution in [-0.4, -0.2) is 20.3 Å². The molecule has 0 saturated carbocycles. The predicted molar refractivity (Wildman–Crippen MR) is 75.5 cm³/mol. The van der Waals surface area contributed by atoms with E-state index in [-0.39, 0.29) is 0 Å². The summed E-state index contributed by atoms with van der Waals surface area (Å²) in [5, 5.41) is 3.28. The van der Waals surface area contributed by atoms with Crippen LogP contribution in [0.25, 0.3) is 0 Å². The van der Waals surface area contributed by atoms with Gasteiger partial charge < -0.3 is 14.8 Å². The quantitative estimate of drug-likeness (QED) is 0.824. The van der Waals surface area contributed by atoms with Gasteiger partial charge in [-0.2, -0.15) is 0 Å². The molecule has 100 valence electrons. The molecule has 0 fully saturated rings. The lowest BCUT2D eigenvalue weighted by atomic mass is 10.2. The van der Waals surface area contributed by atoms with Gasteiger partial charge in [0.05, 0.1) is 7.11 Å². The van der Waals surface area contributed by atoms with Gasteiger partial charge in [0, 0.05) is 12.1 Å². The standard InChI is InChI=1S/C14H20ClNO2/c1-4-16-9-12-5-6-13(17-3)14(7-12)18-10-11(2)8-15/h5-8,16H,4,9-10H2,1-3H3/b11-8+. The number of benzene rings is 1. The summed E-state index contributed by atoms with van der Waals surface area (Å²) in [7, 11) is 1.64. The molecule has 0 radical (unpaired) electrons. The molecule has 0 bridgehead atoms. The summed E-state index contributed by atoms with van der Waals surface area (Å²) < 4.78 is 11.0. The Morgan fingerprint density at radius 3 is 2.78 bits per heavy atom. The zero-order chi connectivity index (χ0) is 13.4. The minimum Gasteiger partial charge on any atom is -0.493 e. The van der Waals surface area contributed by atoms with Crippen LogP contribution in [0, 0.1) is 0 Å². The molecule has 3 nitrogen and oxygen atoms in total. The highest BCUT2D eigenvalue weighted by Crippen LogP contribution is 2.28. The first-order chi connectivity index (χ1) is 8.71. The molecule has 1 N–H and O–H groups in total. The van der Waals surface area contributed by atoms with E-state index in [1.807, 2.05) is 25.1 Å². The second-order valence-electron chi connectivity index (χ2n) is 4.01. The topological polar surface area (TPSA) is 30.5 Å². The molecule has 4 heteroatoms. The number of rotatable bonds is 7. The molecule has 0 unspecified atom stereocenters. The zero-order valence-corrected chi connectivity index (χ0v) is 11.9. The van der Waals surface area contributed by atoms with Crippen molar-refractivity contribution in [2.24, 2.45) is 0 Å². The highest BCUT2D eigenvalue weighted by Gasteiger charge is 2.06. The van der Waals surface area contributed by atoms with Crippen molar-refractivity contribution in [2.75, 3.05) is 20.3 Å². The van der Waals surface area contributed by atoms with Gasteiger partial charge in [-0.1, -0.05) is 24.6 Å². The van der Waals surface area contributed by atoms with E-state index in [1.165, 1.54) is 11.1 Å². The molecule has 0 heterocycles. The fraction of sp³-hybridized carbons (Fsp3) is 0.429. The first-order valence-corrected chi connectivity index (χ1v) is 6.41. The minimum atomic E-state index is 0.463. The normalized spacial score (nSPS) is 11.4. The van der Waals surface area contributed by atoms with Gasteiger partial charge in [-0.3, -0.25) is 0 Å². The van der Waals surface area contributed by atoms with Crippen LogP contribution in [-0.2, 0) is 6.54 Å². The maximum atomic E-state index is 5.70. The molecule has 0 saturated heterocycles. The monoisotopic (exact) mass is 269 g/mol. The molecule has 0 amide bonds. The van der Waals surface area contributed by atoms with Gasteiger partial charge in [-0.25, -0.2) is 0 Å². The van der Waals surface area contributed by atoms with E-state index in [1.54, 1.807) is 7.11 Å². The van der Waals surface area contributed by atoms with Crippen LogP contribution < -0.4 is 14.8 Å². The molecule has 0 aliphatic rings. The van der Waals surface area contributed by atoms with Crippen molar-refractivity contribution >= 4 is 11.6 Å². The van der Waals surface area contributed by atoms with Crippen LogP contribution in [0.2, 0.25) is 0 Å². The highest BCUT2D eigenvalue weighted by atomic mass is 35.5. The summed E-state index contributed by atoms with van der Waals surface area (Å²) in [6.07, 6.45) is 0.